The van der Waals surface area contributed by atoms with Crippen LogP contribution in [0.3, 0.4) is 0 Å². The monoisotopic (exact) mass is 438 g/mol. The quantitative estimate of drug-likeness (QED) is 0.747. The molecule has 0 fully saturated rings. The van der Waals surface area contributed by atoms with Gasteiger partial charge in [-0.05, 0) is 49.6 Å². The topological polar surface area (TPSA) is 76.7 Å². The molecule has 5 rings (SSSR count). The Labute approximate surface area is 182 Å². The van der Waals surface area contributed by atoms with E-state index in [-0.39, 0.29) is 18.1 Å². The van der Waals surface area contributed by atoms with Gasteiger partial charge >= 0.3 is 0 Å². The molecule has 2 aliphatic heterocycles. The maximum atomic E-state index is 14.2. The van der Waals surface area contributed by atoms with Crippen LogP contribution < -0.4 is 20.1 Å². The van der Waals surface area contributed by atoms with E-state index in [1.807, 2.05) is 0 Å². The predicted octanol–water partition coefficient (Wildman–Crippen LogP) is 4.30. The summed E-state index contributed by atoms with van der Waals surface area (Å²) in [6.07, 6.45) is 1.77. The van der Waals surface area contributed by atoms with Crippen molar-refractivity contribution in [2.24, 2.45) is 0 Å². The molecular weight excluding hydrogens is 418 g/mol. The van der Waals surface area contributed by atoms with Crippen LogP contribution in [0.1, 0.15) is 37.7 Å². The summed E-state index contributed by atoms with van der Waals surface area (Å²) in [6, 6.07) is 8.61. The first-order chi connectivity index (χ1) is 15.4. The molecule has 2 N–H and O–H groups in total. The molecule has 0 spiro atoms. The van der Waals surface area contributed by atoms with Crippen LogP contribution in [-0.2, 0) is 9.59 Å². The summed E-state index contributed by atoms with van der Waals surface area (Å²) in [6.45, 7) is 1.81. The molecule has 0 bridgehead atoms. The number of ketones is 1. The van der Waals surface area contributed by atoms with Crippen LogP contribution in [0.2, 0.25) is 0 Å². The van der Waals surface area contributed by atoms with Crippen LogP contribution in [0, 0.1) is 11.6 Å². The fraction of sp³-hybridized carbons (Fsp3) is 0.250. The molecule has 164 valence electrons. The minimum atomic E-state index is -0.881. The van der Waals surface area contributed by atoms with Crippen molar-refractivity contribution in [1.82, 2.24) is 5.32 Å². The number of hydrogen-bond donors (Lipinski definition) is 2. The fourth-order valence-corrected chi connectivity index (χ4v) is 4.51. The van der Waals surface area contributed by atoms with Crippen molar-refractivity contribution in [2.75, 3.05) is 12.1 Å². The maximum Gasteiger partial charge on any atom is 0.254 e. The second-order valence-corrected chi connectivity index (χ2v) is 7.93. The van der Waals surface area contributed by atoms with Gasteiger partial charge in [-0.1, -0.05) is 12.1 Å². The van der Waals surface area contributed by atoms with Crippen molar-refractivity contribution in [2.45, 2.75) is 32.1 Å². The number of carbonyl (C=O) groups is 2. The number of halogens is 2. The van der Waals surface area contributed by atoms with E-state index < -0.39 is 29.1 Å². The lowest BCUT2D eigenvalue weighted by molar-refractivity contribution is -0.116. The lowest BCUT2D eigenvalue weighted by Gasteiger charge is -2.34. The Morgan fingerprint density at radius 1 is 1.09 bits per heavy atom. The van der Waals surface area contributed by atoms with Gasteiger partial charge in [-0.15, -0.1) is 0 Å². The normalized spacial score (nSPS) is 19.6. The number of fused-ring (bicyclic) bond motifs is 1. The molecule has 1 aliphatic carbocycles. The molecule has 0 saturated carbocycles. The highest BCUT2D eigenvalue weighted by atomic mass is 19.1. The number of amides is 1. The van der Waals surface area contributed by atoms with Gasteiger partial charge in [0.1, 0.15) is 17.3 Å². The van der Waals surface area contributed by atoms with Crippen LogP contribution in [0.4, 0.5) is 14.5 Å². The Bertz CT molecular complexity index is 1200. The van der Waals surface area contributed by atoms with E-state index in [1.165, 1.54) is 6.07 Å². The van der Waals surface area contributed by atoms with E-state index in [4.69, 9.17) is 9.47 Å². The van der Waals surface area contributed by atoms with E-state index >= 15 is 0 Å². The van der Waals surface area contributed by atoms with Gasteiger partial charge in [-0.25, -0.2) is 8.78 Å². The minimum absolute atomic E-state index is 0.0590. The van der Waals surface area contributed by atoms with Crippen molar-refractivity contribution in [3.8, 4) is 11.5 Å². The Morgan fingerprint density at radius 2 is 1.84 bits per heavy atom. The average Bonchev–Trinajstić information content (AvgIpc) is 3.23. The predicted molar refractivity (Wildman–Crippen MR) is 112 cm³/mol. The number of anilines is 1. The number of allylic oxidation sites excluding steroid dienone is 3. The number of rotatable bonds is 3. The minimum Gasteiger partial charge on any atom is -0.454 e. The Kier molecular flexibility index (Phi) is 4.92. The van der Waals surface area contributed by atoms with Crippen molar-refractivity contribution in [3.63, 3.8) is 0 Å². The first-order valence-electron chi connectivity index (χ1n) is 10.3. The molecule has 32 heavy (non-hydrogen) atoms. The third-order valence-corrected chi connectivity index (χ3v) is 5.95. The van der Waals surface area contributed by atoms with Crippen LogP contribution in [-0.4, -0.2) is 18.5 Å². The molecule has 2 aromatic rings. The zero-order valence-corrected chi connectivity index (χ0v) is 17.3. The van der Waals surface area contributed by atoms with E-state index in [0.717, 1.165) is 17.8 Å². The molecule has 1 amide bonds. The van der Waals surface area contributed by atoms with Gasteiger partial charge in [0.05, 0.1) is 0 Å². The highest BCUT2D eigenvalue weighted by Gasteiger charge is 2.39. The number of ether oxygens (including phenoxy) is 2. The standard InChI is InChI=1S/C24H20F2N2O4/c1-12-20(24(30)28-23-14(25)4-2-5-15(23)26)21(22-16(27-12)6-3-7-17(22)29)13-8-9-18-19(10-13)32-11-31-18/h2,4-5,8-10,21,27H,3,6-7,11H2,1H3,(H,28,30). The molecule has 0 aromatic heterocycles. The third-order valence-electron chi connectivity index (χ3n) is 5.95. The van der Waals surface area contributed by atoms with E-state index in [1.54, 1.807) is 25.1 Å². The highest BCUT2D eigenvalue weighted by Crippen LogP contribution is 2.45. The van der Waals surface area contributed by atoms with Gasteiger partial charge < -0.3 is 20.1 Å². The van der Waals surface area contributed by atoms with Gasteiger partial charge in [-0.3, -0.25) is 9.59 Å². The number of dihydropyridines is 1. The van der Waals surface area contributed by atoms with Crippen molar-refractivity contribution >= 4 is 17.4 Å². The van der Waals surface area contributed by atoms with Gasteiger partial charge in [0, 0.05) is 34.9 Å². The lowest BCUT2D eigenvalue weighted by atomic mass is 9.75. The van der Waals surface area contributed by atoms with Gasteiger partial charge in [0.15, 0.2) is 17.3 Å². The molecule has 2 heterocycles. The average molecular weight is 438 g/mol. The first-order valence-corrected chi connectivity index (χ1v) is 10.3. The Hall–Kier alpha value is -3.68. The van der Waals surface area contributed by atoms with Crippen LogP contribution in [0.15, 0.2) is 58.9 Å². The molecule has 6 nitrogen and oxygen atoms in total. The summed E-state index contributed by atoms with van der Waals surface area (Å²) in [5.41, 5.74) is 2.15. The van der Waals surface area contributed by atoms with E-state index in [2.05, 4.69) is 10.6 Å². The number of benzene rings is 2. The number of Topliss-reactive ketones (excluding diaryl/α,β-unsaturated/α-hetero) is 1. The zero-order valence-electron chi connectivity index (χ0n) is 17.3. The van der Waals surface area contributed by atoms with E-state index in [0.29, 0.717) is 47.6 Å². The summed E-state index contributed by atoms with van der Waals surface area (Å²) in [4.78, 5) is 26.3. The summed E-state index contributed by atoms with van der Waals surface area (Å²) < 4.78 is 39.3. The molecule has 8 heteroatoms. The number of para-hydroxylation sites is 1. The first kappa shape index (κ1) is 20.2. The Balaban J connectivity index is 1.61. The lowest BCUT2D eigenvalue weighted by Crippen LogP contribution is -2.35. The van der Waals surface area contributed by atoms with Crippen molar-refractivity contribution in [3.05, 3.63) is 76.1 Å². The molecule has 0 saturated heterocycles. The summed E-state index contributed by atoms with van der Waals surface area (Å²) in [5.74, 6) is -2.12. The second-order valence-electron chi connectivity index (χ2n) is 7.93. The van der Waals surface area contributed by atoms with Crippen LogP contribution in [0.25, 0.3) is 0 Å². The number of nitrogens with one attached hydrogen (secondary N) is 2. The third kappa shape index (κ3) is 3.32. The second kappa shape index (κ2) is 7.78. The number of hydrogen-bond acceptors (Lipinski definition) is 5. The van der Waals surface area contributed by atoms with E-state index in [9.17, 15) is 18.4 Å². The zero-order chi connectivity index (χ0) is 22.4. The largest absolute Gasteiger partial charge is 0.454 e. The highest BCUT2D eigenvalue weighted by molar-refractivity contribution is 6.09. The van der Waals surface area contributed by atoms with Crippen molar-refractivity contribution in [1.29, 1.82) is 0 Å². The van der Waals surface area contributed by atoms with Gasteiger partial charge in [-0.2, -0.15) is 0 Å². The molecule has 1 unspecified atom stereocenters. The summed E-state index contributed by atoms with van der Waals surface area (Å²) in [5, 5.41) is 5.55. The Morgan fingerprint density at radius 3 is 2.62 bits per heavy atom. The number of carbonyl (C=O) groups excluding carboxylic acids is 2. The van der Waals surface area contributed by atoms with Crippen molar-refractivity contribution < 1.29 is 27.8 Å². The van der Waals surface area contributed by atoms with Gasteiger partial charge in [0.2, 0.25) is 6.79 Å². The summed E-state index contributed by atoms with van der Waals surface area (Å²) in [7, 11) is 0. The van der Waals surface area contributed by atoms with Gasteiger partial charge in [0.25, 0.3) is 5.91 Å². The SMILES string of the molecule is CC1=C(C(=O)Nc2c(F)cccc2F)C(c2ccc3c(c2)OCO3)C2=C(CCCC2=O)N1. The molecule has 2 aromatic carbocycles. The molecule has 0 radical (unpaired) electrons. The van der Waals surface area contributed by atoms with Crippen LogP contribution >= 0.6 is 0 Å². The van der Waals surface area contributed by atoms with Crippen LogP contribution in [0.5, 0.6) is 11.5 Å². The maximum absolute atomic E-state index is 14.2. The molecule has 1 atom stereocenters. The molecular formula is C24H20F2N2O4. The fourth-order valence-electron chi connectivity index (χ4n) is 4.51. The smallest absolute Gasteiger partial charge is 0.254 e. The molecule has 3 aliphatic rings. The summed E-state index contributed by atoms with van der Waals surface area (Å²) >= 11 is 0.